The van der Waals surface area contributed by atoms with E-state index in [1.165, 1.54) is 0 Å². The molecule has 0 aliphatic heterocycles. The number of nitrogens with zero attached hydrogens (tertiary/aromatic N) is 6. The van der Waals surface area contributed by atoms with E-state index < -0.39 is 13.7 Å². The molecule has 0 N–H and O–H groups in total. The van der Waals surface area contributed by atoms with Crippen LogP contribution >= 0.6 is 0 Å². The van der Waals surface area contributed by atoms with Gasteiger partial charge in [0.25, 0.3) is 5.70 Å². The van der Waals surface area contributed by atoms with Crippen LogP contribution in [-0.2, 0) is 0 Å². The van der Waals surface area contributed by atoms with E-state index >= 15 is 0 Å². The maximum Gasteiger partial charge on any atom is 0.328 e. The third kappa shape index (κ3) is 10.1. The van der Waals surface area contributed by atoms with Crippen LogP contribution in [0, 0.1) is 43.6 Å². The third-order valence-electron chi connectivity index (χ3n) is 14.7. The predicted molar refractivity (Wildman–Crippen MR) is 332 cm³/mol. The SMILES string of the molecule is [C-]#[N+]/C(c1nc2cc(C)ccc2o1)=c1\c2c(-c3ccc(OCC(C)C)cc3)n(B(c3ccccc3)c3ccccc3)/c(=C(/C#N)c3nc4cc(C)ccc4o3)c2c(-c2ccc(OCC(C)C)cc2)n1B(c1ccccc1)c1ccccc1. The van der Waals surface area contributed by atoms with E-state index in [1.54, 1.807) is 0 Å². The van der Waals surface area contributed by atoms with Crippen LogP contribution < -0.4 is 42.0 Å². The molecule has 4 heterocycles. The molecular formula is C70H58B2N6O4. The molecule has 12 rings (SSSR count). The smallest absolute Gasteiger partial charge is 0.328 e. The molecule has 12 aromatic rings. The number of rotatable bonds is 16. The van der Waals surface area contributed by atoms with Crippen molar-refractivity contribution in [2.24, 2.45) is 11.8 Å². The molecule has 12 heteroatoms. The number of aromatic nitrogens is 4. The van der Waals surface area contributed by atoms with E-state index in [9.17, 15) is 11.8 Å². The van der Waals surface area contributed by atoms with Gasteiger partial charge in [0.15, 0.2) is 11.2 Å². The number of fused-ring (bicyclic) bond motifs is 3. The summed E-state index contributed by atoms with van der Waals surface area (Å²) in [6.07, 6.45) is 0. The van der Waals surface area contributed by atoms with E-state index in [-0.39, 0.29) is 23.1 Å². The van der Waals surface area contributed by atoms with Crippen LogP contribution in [0.5, 0.6) is 11.5 Å². The largest absolute Gasteiger partial charge is 0.493 e. The molecule has 10 nitrogen and oxygen atoms in total. The molecule has 0 unspecified atom stereocenters. The molecule has 0 atom stereocenters. The van der Waals surface area contributed by atoms with Crippen molar-refractivity contribution in [2.75, 3.05) is 13.2 Å². The first-order chi connectivity index (χ1) is 40.1. The van der Waals surface area contributed by atoms with Gasteiger partial charge >= 0.3 is 13.7 Å². The lowest BCUT2D eigenvalue weighted by molar-refractivity contribution is 0.271. The molecular weight excluding hydrogens is 1010 g/mol. The summed E-state index contributed by atoms with van der Waals surface area (Å²) in [5, 5.41) is 14.7. The molecule has 4 aromatic heterocycles. The summed E-state index contributed by atoms with van der Waals surface area (Å²) in [6, 6.07) is 72.3. The van der Waals surface area contributed by atoms with Gasteiger partial charge in [-0.1, -0.05) is 183 Å². The van der Waals surface area contributed by atoms with Crippen LogP contribution in [0.1, 0.15) is 50.6 Å². The number of ether oxygens (including phenoxy) is 2. The number of nitriles is 1. The Morgan fingerprint density at radius 2 is 0.902 bits per heavy atom. The minimum atomic E-state index is -0.588. The zero-order valence-electron chi connectivity index (χ0n) is 46.7. The molecule has 0 radical (unpaired) electrons. The summed E-state index contributed by atoms with van der Waals surface area (Å²) in [4.78, 5) is 14.9. The van der Waals surface area contributed by atoms with E-state index in [0.29, 0.717) is 80.2 Å². The van der Waals surface area contributed by atoms with E-state index in [4.69, 9.17) is 28.3 Å². The second-order valence-corrected chi connectivity index (χ2v) is 21.7. The molecule has 0 spiro atoms. The molecule has 0 saturated carbocycles. The van der Waals surface area contributed by atoms with Crippen molar-refractivity contribution in [1.29, 1.82) is 5.26 Å². The molecule has 0 aliphatic rings. The van der Waals surface area contributed by atoms with Gasteiger partial charge in [0.05, 0.1) is 30.5 Å². The fourth-order valence-electron chi connectivity index (χ4n) is 11.1. The number of hydrogen-bond acceptors (Lipinski definition) is 7. The predicted octanol–water partition coefficient (Wildman–Crippen LogP) is 11.9. The Kier molecular flexibility index (Phi) is 14.5. The summed E-state index contributed by atoms with van der Waals surface area (Å²) in [5.74, 6) is 2.31. The summed E-state index contributed by atoms with van der Waals surface area (Å²) >= 11 is 0. The van der Waals surface area contributed by atoms with Gasteiger partial charge in [-0.15, -0.1) is 0 Å². The van der Waals surface area contributed by atoms with Crippen molar-refractivity contribution in [3.63, 3.8) is 0 Å². The molecule has 82 heavy (non-hydrogen) atoms. The quantitative estimate of drug-likeness (QED) is 0.0700. The Labute approximate surface area is 477 Å². The van der Waals surface area contributed by atoms with Gasteiger partial charge < -0.3 is 27.3 Å². The first-order valence-electron chi connectivity index (χ1n) is 27.8. The summed E-state index contributed by atoms with van der Waals surface area (Å²) in [7, 11) is 0. The summed E-state index contributed by atoms with van der Waals surface area (Å²) < 4.78 is 31.0. The highest BCUT2D eigenvalue weighted by atomic mass is 16.5. The highest BCUT2D eigenvalue weighted by molar-refractivity contribution is 6.85. The number of oxazole rings is 2. The van der Waals surface area contributed by atoms with E-state index in [0.717, 1.165) is 55.5 Å². The van der Waals surface area contributed by atoms with Crippen LogP contribution in [0.2, 0.25) is 0 Å². The molecule has 398 valence electrons. The second kappa shape index (κ2) is 22.6. The van der Waals surface area contributed by atoms with Crippen molar-refractivity contribution in [3.05, 3.63) is 251 Å². The van der Waals surface area contributed by atoms with Crippen molar-refractivity contribution in [1.82, 2.24) is 18.9 Å². The number of benzene rings is 8. The number of aryl methyl sites for hydroxylation is 2. The van der Waals surface area contributed by atoms with Crippen LogP contribution in [0.3, 0.4) is 0 Å². The minimum Gasteiger partial charge on any atom is -0.493 e. The van der Waals surface area contributed by atoms with Gasteiger partial charge in [-0.05, 0) is 121 Å². The Balaban J connectivity index is 1.41. The van der Waals surface area contributed by atoms with Gasteiger partial charge in [0.1, 0.15) is 34.2 Å². The van der Waals surface area contributed by atoms with E-state index in [2.05, 4.69) is 120 Å². The third-order valence-corrected chi connectivity index (χ3v) is 14.7. The molecule has 0 amide bonds. The summed E-state index contributed by atoms with van der Waals surface area (Å²) in [5.41, 5.74) is 11.6. The first-order valence-corrected chi connectivity index (χ1v) is 27.8. The van der Waals surface area contributed by atoms with Gasteiger partial charge in [-0.25, -0.2) is 14.8 Å². The lowest BCUT2D eigenvalue weighted by Crippen LogP contribution is -2.54. The molecule has 8 aromatic carbocycles. The zero-order chi connectivity index (χ0) is 56.4. The number of hydrogen-bond donors (Lipinski definition) is 0. The lowest BCUT2D eigenvalue weighted by Gasteiger charge is -2.24. The van der Waals surface area contributed by atoms with Crippen LogP contribution in [-0.4, -0.2) is 45.8 Å². The second-order valence-electron chi connectivity index (χ2n) is 21.7. The van der Waals surface area contributed by atoms with Crippen molar-refractivity contribution in [3.8, 4) is 40.1 Å². The maximum absolute atomic E-state index is 12.3. The van der Waals surface area contributed by atoms with Crippen molar-refractivity contribution >= 4 is 79.8 Å². The molecule has 0 fully saturated rings. The highest BCUT2D eigenvalue weighted by Gasteiger charge is 2.38. The lowest BCUT2D eigenvalue weighted by atomic mass is 9.50. The van der Waals surface area contributed by atoms with E-state index in [1.807, 2.05) is 147 Å². The van der Waals surface area contributed by atoms with Crippen molar-refractivity contribution < 1.29 is 18.3 Å². The van der Waals surface area contributed by atoms with Crippen LogP contribution in [0.25, 0.3) is 71.6 Å². The van der Waals surface area contributed by atoms with Gasteiger partial charge in [-0.2, -0.15) is 5.26 Å². The Morgan fingerprint density at radius 1 is 0.524 bits per heavy atom. The van der Waals surface area contributed by atoms with Gasteiger partial charge in [-0.3, -0.25) is 0 Å². The van der Waals surface area contributed by atoms with Crippen LogP contribution in [0.15, 0.2) is 215 Å². The van der Waals surface area contributed by atoms with Gasteiger partial charge in [0, 0.05) is 22.2 Å². The monoisotopic (exact) mass is 1070 g/mol. The zero-order valence-corrected chi connectivity index (χ0v) is 46.7. The first kappa shape index (κ1) is 52.7. The van der Waals surface area contributed by atoms with Gasteiger partial charge in [0.2, 0.25) is 11.8 Å². The normalized spacial score (nSPS) is 12.2. The minimum absolute atomic E-state index is 0.150. The maximum atomic E-state index is 12.3. The molecule has 0 bridgehead atoms. The average Bonchev–Trinajstić information content (AvgIpc) is 3.54. The standard InChI is InChI=1S/C70H58B2N6O4/c1-45(2)43-79-55-34-30-49(31-35-55)65-62-63(68(64(74-7)70-76-59-41-48(6)29-39-61(59)82-70)78(65)72(53-24-16-10-17-25-53)54-26-18-11-19-27-54)66(50-32-36-56(37-33-50)80-44-46(3)4)77(71(51-20-12-8-13-21-51)52-22-14-9-15-23-52)67(62)57(42-73)69-75-58-40-47(5)28-38-60(58)81-69/h8-41,45-46H,43-44H2,1-6H3/b67-57-,68-64+. The highest BCUT2D eigenvalue weighted by Crippen LogP contribution is 2.38. The fraction of sp³-hybridized carbons (Fsp3) is 0.143. The molecule has 0 saturated heterocycles. The van der Waals surface area contributed by atoms with Crippen LogP contribution in [0.4, 0.5) is 0 Å². The Hall–Kier alpha value is -10.0. The fourth-order valence-corrected chi connectivity index (χ4v) is 11.1. The summed E-state index contributed by atoms with van der Waals surface area (Å²) in [6.45, 7) is 22.0. The Morgan fingerprint density at radius 3 is 1.29 bits per heavy atom. The van der Waals surface area contributed by atoms with Crippen molar-refractivity contribution in [2.45, 2.75) is 41.5 Å². The molecule has 0 aliphatic carbocycles. The topological polar surface area (TPSA) is 109 Å². The average molecular weight is 1070 g/mol. The Bertz CT molecular complexity index is 4130.